The van der Waals surface area contributed by atoms with E-state index in [0.29, 0.717) is 6.54 Å². The summed E-state index contributed by atoms with van der Waals surface area (Å²) in [5.41, 5.74) is 0.737. The molecule has 0 saturated carbocycles. The third kappa shape index (κ3) is 5.26. The molecule has 36 heavy (non-hydrogen) atoms. The highest BCUT2D eigenvalue weighted by atomic mass is 32.1. The molecule has 11 nitrogen and oxygen atoms in total. The number of carbonyl (C=O) groups is 1. The van der Waals surface area contributed by atoms with Gasteiger partial charge in [0.25, 0.3) is 0 Å². The second-order valence-corrected chi connectivity index (χ2v) is 9.98. The zero-order chi connectivity index (χ0) is 26.3. The summed E-state index contributed by atoms with van der Waals surface area (Å²) in [6.07, 6.45) is 0.624. The summed E-state index contributed by atoms with van der Waals surface area (Å²) in [6, 6.07) is 0. The van der Waals surface area contributed by atoms with Gasteiger partial charge in [0.05, 0.1) is 23.4 Å². The number of carboxylic acid groups (broad SMARTS) is 1. The van der Waals surface area contributed by atoms with Crippen molar-refractivity contribution in [2.24, 2.45) is 7.05 Å². The van der Waals surface area contributed by atoms with Crippen LogP contribution in [-0.2, 0) is 36.9 Å². The van der Waals surface area contributed by atoms with Gasteiger partial charge >= 0.3 is 23.3 Å². The smallest absolute Gasteiger partial charge is 0.475 e. The molecule has 1 atom stereocenters. The lowest BCUT2D eigenvalue weighted by Crippen LogP contribution is -2.45. The van der Waals surface area contributed by atoms with Crippen molar-refractivity contribution in [3.63, 3.8) is 0 Å². The van der Waals surface area contributed by atoms with Crippen molar-refractivity contribution in [3.05, 3.63) is 60.6 Å². The fourth-order valence-corrected chi connectivity index (χ4v) is 5.21. The normalized spacial score (nSPS) is 19.4. The first-order chi connectivity index (χ1) is 16.9. The first kappa shape index (κ1) is 25.8. The van der Waals surface area contributed by atoms with Gasteiger partial charge in [-0.1, -0.05) is 0 Å². The highest BCUT2D eigenvalue weighted by Crippen LogP contribution is 2.40. The van der Waals surface area contributed by atoms with Gasteiger partial charge in [-0.3, -0.25) is 23.7 Å². The summed E-state index contributed by atoms with van der Waals surface area (Å²) >= 11 is 1.53. The zero-order valence-electron chi connectivity index (χ0n) is 19.5. The second kappa shape index (κ2) is 9.61. The Morgan fingerprint density at radius 1 is 1.19 bits per heavy atom. The average Bonchev–Trinajstić information content (AvgIpc) is 3.57. The maximum atomic E-state index is 12.7. The van der Waals surface area contributed by atoms with Crippen LogP contribution in [0.3, 0.4) is 0 Å². The van der Waals surface area contributed by atoms with E-state index in [1.165, 1.54) is 21.6 Å². The standard InChI is InChI=1S/C19H23N7O2S.C2HF3O2/c1-13-21-15(11-29-13)10-26-17(28)16(27)25-6-4-19(18(25)22-26)3-5-24(12-19)9-14-7-20-23(2)8-14;3-2(4,5)1(6)7/h7-8,11H,3-6,9-10,12H2,1-2H3;(H,6,7). The monoisotopic (exact) mass is 527 g/mol. The fourth-order valence-electron chi connectivity index (χ4n) is 4.61. The maximum Gasteiger partial charge on any atom is 0.490 e. The van der Waals surface area contributed by atoms with Crippen LogP contribution in [0.2, 0.25) is 0 Å². The number of nitrogens with zero attached hydrogens (tertiary/aromatic N) is 7. The number of hydrogen-bond donors (Lipinski definition) is 1. The van der Waals surface area contributed by atoms with Crippen LogP contribution in [0.25, 0.3) is 0 Å². The summed E-state index contributed by atoms with van der Waals surface area (Å²) in [5.74, 6) is -2.00. The number of thiazole rings is 1. The van der Waals surface area contributed by atoms with Crippen molar-refractivity contribution in [2.75, 3.05) is 13.1 Å². The predicted octanol–water partition coefficient (Wildman–Crippen LogP) is 1.13. The lowest BCUT2D eigenvalue weighted by atomic mass is 9.85. The van der Waals surface area contributed by atoms with E-state index in [1.54, 1.807) is 4.57 Å². The second-order valence-electron chi connectivity index (χ2n) is 8.92. The molecule has 1 spiro atoms. The number of likely N-dealkylation sites (tertiary alicyclic amines) is 1. The summed E-state index contributed by atoms with van der Waals surface area (Å²) in [4.78, 5) is 41.0. The molecule has 1 unspecified atom stereocenters. The van der Waals surface area contributed by atoms with Crippen LogP contribution in [0.1, 0.15) is 34.9 Å². The maximum absolute atomic E-state index is 12.7. The first-order valence-corrected chi connectivity index (χ1v) is 11.9. The molecule has 5 rings (SSSR count). The van der Waals surface area contributed by atoms with Crippen molar-refractivity contribution in [1.82, 2.24) is 34.0 Å². The molecule has 0 aromatic carbocycles. The number of alkyl halides is 3. The molecule has 0 amide bonds. The van der Waals surface area contributed by atoms with E-state index in [-0.39, 0.29) is 12.0 Å². The van der Waals surface area contributed by atoms with Crippen LogP contribution in [0, 0.1) is 6.92 Å². The number of aliphatic carboxylic acids is 1. The van der Waals surface area contributed by atoms with Crippen LogP contribution in [0.4, 0.5) is 13.2 Å². The first-order valence-electron chi connectivity index (χ1n) is 11.0. The Kier molecular flexibility index (Phi) is 6.88. The molecular weight excluding hydrogens is 503 g/mol. The van der Waals surface area contributed by atoms with Crippen LogP contribution >= 0.6 is 11.3 Å². The minimum absolute atomic E-state index is 0.172. The number of rotatable bonds is 4. The van der Waals surface area contributed by atoms with Crippen LogP contribution in [-0.4, -0.2) is 64.4 Å². The van der Waals surface area contributed by atoms with Gasteiger partial charge < -0.3 is 5.11 Å². The van der Waals surface area contributed by atoms with Gasteiger partial charge in [0.1, 0.15) is 5.82 Å². The Labute approximate surface area is 206 Å². The SMILES string of the molecule is Cc1nc(Cn2nc3n(c(=O)c2=O)CCC32CCN(Cc3cnn(C)c3)C2)cs1.O=C(O)C(F)(F)F. The van der Waals surface area contributed by atoms with Gasteiger partial charge in [-0.25, -0.2) is 14.5 Å². The molecule has 0 radical (unpaired) electrons. The van der Waals surface area contributed by atoms with E-state index in [0.717, 1.165) is 49.0 Å². The van der Waals surface area contributed by atoms with Gasteiger partial charge in [0, 0.05) is 49.2 Å². The molecule has 2 aliphatic rings. The fraction of sp³-hybridized carbons (Fsp3) is 0.524. The molecule has 0 aliphatic carbocycles. The van der Waals surface area contributed by atoms with Gasteiger partial charge in [-0.05, 0) is 26.3 Å². The summed E-state index contributed by atoms with van der Waals surface area (Å²) in [5, 5.41) is 18.9. The number of hydrogen-bond acceptors (Lipinski definition) is 8. The average molecular weight is 528 g/mol. The number of halogens is 3. The lowest BCUT2D eigenvalue weighted by Gasteiger charge is -2.23. The highest BCUT2D eigenvalue weighted by Gasteiger charge is 2.47. The minimum Gasteiger partial charge on any atom is -0.475 e. The Balaban J connectivity index is 0.000000384. The van der Waals surface area contributed by atoms with Crippen LogP contribution in [0.5, 0.6) is 0 Å². The van der Waals surface area contributed by atoms with E-state index in [9.17, 15) is 22.8 Å². The van der Waals surface area contributed by atoms with E-state index in [2.05, 4.69) is 20.1 Å². The topological polar surface area (TPSA) is 128 Å². The molecule has 15 heteroatoms. The molecule has 1 fully saturated rings. The summed E-state index contributed by atoms with van der Waals surface area (Å²) < 4.78 is 36.4. The Bertz CT molecular complexity index is 1390. The molecule has 2 aliphatic heterocycles. The third-order valence-corrected chi connectivity index (χ3v) is 7.06. The van der Waals surface area contributed by atoms with Gasteiger partial charge in [0.2, 0.25) is 0 Å². The molecule has 3 aromatic rings. The minimum atomic E-state index is -5.08. The lowest BCUT2D eigenvalue weighted by molar-refractivity contribution is -0.192. The molecule has 1 N–H and O–H groups in total. The molecule has 5 heterocycles. The van der Waals surface area contributed by atoms with Gasteiger partial charge in [0.15, 0.2) is 0 Å². The summed E-state index contributed by atoms with van der Waals surface area (Å²) in [7, 11) is 1.92. The molecular formula is C21H24F3N7O4S. The van der Waals surface area contributed by atoms with Crippen molar-refractivity contribution in [1.29, 1.82) is 0 Å². The zero-order valence-corrected chi connectivity index (χ0v) is 20.3. The third-order valence-electron chi connectivity index (χ3n) is 6.24. The van der Waals surface area contributed by atoms with E-state index < -0.39 is 23.3 Å². The summed E-state index contributed by atoms with van der Waals surface area (Å²) in [6.45, 7) is 5.33. The van der Waals surface area contributed by atoms with Gasteiger partial charge in [-0.2, -0.15) is 23.4 Å². The predicted molar refractivity (Wildman–Crippen MR) is 122 cm³/mol. The van der Waals surface area contributed by atoms with Crippen molar-refractivity contribution in [3.8, 4) is 0 Å². The number of aromatic nitrogens is 6. The number of aryl methyl sites for hydroxylation is 2. The van der Waals surface area contributed by atoms with Crippen molar-refractivity contribution < 1.29 is 23.1 Å². The Morgan fingerprint density at radius 2 is 1.89 bits per heavy atom. The molecule has 0 bridgehead atoms. The number of carboxylic acids is 1. The van der Waals surface area contributed by atoms with E-state index in [1.807, 2.05) is 36.4 Å². The Hall–Kier alpha value is -3.33. The van der Waals surface area contributed by atoms with E-state index in [4.69, 9.17) is 9.90 Å². The molecule has 3 aromatic heterocycles. The molecule has 1 saturated heterocycles. The Morgan fingerprint density at radius 3 is 2.47 bits per heavy atom. The van der Waals surface area contributed by atoms with Crippen molar-refractivity contribution in [2.45, 2.75) is 51.0 Å². The molecule has 194 valence electrons. The number of fused-ring (bicyclic) bond motifs is 2. The highest BCUT2D eigenvalue weighted by molar-refractivity contribution is 7.09. The van der Waals surface area contributed by atoms with Crippen LogP contribution < -0.4 is 11.1 Å². The van der Waals surface area contributed by atoms with Gasteiger partial charge in [-0.15, -0.1) is 11.3 Å². The van der Waals surface area contributed by atoms with Crippen molar-refractivity contribution >= 4 is 17.3 Å². The van der Waals surface area contributed by atoms with Crippen LogP contribution in [0.15, 0.2) is 27.4 Å². The van der Waals surface area contributed by atoms with E-state index >= 15 is 0 Å². The largest absolute Gasteiger partial charge is 0.490 e. The quantitative estimate of drug-likeness (QED) is 0.501.